The van der Waals surface area contributed by atoms with E-state index in [-0.39, 0.29) is 45.2 Å². The fourth-order valence-corrected chi connectivity index (χ4v) is 6.32. The molecule has 3 N–H and O–H groups in total. The molecule has 0 aromatic carbocycles. The average Bonchev–Trinajstić information content (AvgIpc) is 2.80. The van der Waals surface area contributed by atoms with E-state index in [1.54, 1.807) is 0 Å². The number of carboxylic acid groups (broad SMARTS) is 2. The molecule has 0 rings (SSSR count). The van der Waals surface area contributed by atoms with Crippen molar-refractivity contribution >= 4 is 45.1 Å². The maximum absolute atomic E-state index is 12.3. The summed E-state index contributed by atoms with van der Waals surface area (Å²) in [6, 6.07) is 0. The van der Waals surface area contributed by atoms with Gasteiger partial charge in [-0.15, -0.1) is 0 Å². The number of carbonyl (C=O) groups is 2. The van der Waals surface area contributed by atoms with E-state index in [0.29, 0.717) is 12.8 Å². The molecule has 0 amide bonds. The molecule has 0 aliphatic rings. The molecule has 0 aromatic rings. The minimum absolute atomic E-state index is 0. The van der Waals surface area contributed by atoms with E-state index in [2.05, 4.69) is 13.8 Å². The number of rotatable bonds is 26. The van der Waals surface area contributed by atoms with Gasteiger partial charge in [0.05, 0.1) is 5.92 Å². The van der Waals surface area contributed by atoms with Crippen molar-refractivity contribution in [1.82, 2.24) is 0 Å². The van der Waals surface area contributed by atoms with Gasteiger partial charge in [0.2, 0.25) is 4.75 Å². The smallest absolute Gasteiger partial charge is 1.00 e. The zero-order valence-electron chi connectivity index (χ0n) is 25.7. The molecule has 0 radical (unpaired) electrons. The van der Waals surface area contributed by atoms with Gasteiger partial charge in [-0.25, -0.2) is 0 Å². The van der Waals surface area contributed by atoms with Gasteiger partial charge in [0.15, 0.2) is 0 Å². The van der Waals surface area contributed by atoms with Gasteiger partial charge in [0.25, 0.3) is 10.1 Å². The van der Waals surface area contributed by atoms with Gasteiger partial charge in [0.1, 0.15) is 0 Å². The summed E-state index contributed by atoms with van der Waals surface area (Å²) in [5.41, 5.74) is 0. The molecule has 0 aliphatic carbocycles. The number of carboxylic acids is 2. The summed E-state index contributed by atoms with van der Waals surface area (Å²) < 4.78 is 31.9. The van der Waals surface area contributed by atoms with E-state index < -0.39 is 32.7 Å². The van der Waals surface area contributed by atoms with Crippen LogP contribution in [-0.2, 0) is 19.7 Å². The maximum Gasteiger partial charge on any atom is 2.00 e. The Morgan fingerprint density at radius 3 is 1.27 bits per heavy atom. The SMILES string of the molecule is CCCCCCCCCCCCC(C(=O)O)C(CCCCCCCCCCCC)(C(=O)O)S(=O)(=O)O.[H-].[H-].[Mg+2]. The van der Waals surface area contributed by atoms with Crippen LogP contribution in [0.2, 0.25) is 0 Å². The van der Waals surface area contributed by atoms with Crippen LogP contribution in [0.4, 0.5) is 0 Å². The molecular weight excluding hydrogens is 505 g/mol. The largest absolute Gasteiger partial charge is 2.00 e. The van der Waals surface area contributed by atoms with E-state index in [1.807, 2.05) is 0 Å². The van der Waals surface area contributed by atoms with Crippen LogP contribution in [0.15, 0.2) is 0 Å². The van der Waals surface area contributed by atoms with Gasteiger partial charge >= 0.3 is 35.0 Å². The second-order valence-electron chi connectivity index (χ2n) is 10.5. The minimum atomic E-state index is -5.12. The van der Waals surface area contributed by atoms with Gasteiger partial charge in [-0.2, -0.15) is 8.42 Å². The Bertz CT molecular complexity index is 695. The Hall–Kier alpha value is -0.384. The Kier molecular flexibility index (Phi) is 24.6. The average molecular weight is 561 g/mol. The van der Waals surface area contributed by atoms with Gasteiger partial charge in [-0.05, 0) is 12.8 Å². The second kappa shape index (κ2) is 23.5. The second-order valence-corrected chi connectivity index (χ2v) is 12.1. The summed E-state index contributed by atoms with van der Waals surface area (Å²) in [5, 5.41) is 19.7. The Morgan fingerprint density at radius 1 is 0.649 bits per heavy atom. The predicted octanol–water partition coefficient (Wildman–Crippen LogP) is 7.86. The Balaban J connectivity index is -0.00000204. The number of hydrogen-bond donors (Lipinski definition) is 3. The zero-order chi connectivity index (χ0) is 27.3. The van der Waals surface area contributed by atoms with E-state index in [9.17, 15) is 32.8 Å². The van der Waals surface area contributed by atoms with Crippen molar-refractivity contribution in [3.05, 3.63) is 0 Å². The van der Waals surface area contributed by atoms with Gasteiger partial charge in [-0.3, -0.25) is 14.1 Å². The molecule has 7 nitrogen and oxygen atoms in total. The fraction of sp³-hybridized carbons (Fsp3) is 0.929. The standard InChI is InChI=1S/C28H54O7S.Mg.2H/c1-3-5-7-9-11-13-15-17-19-21-23-25(26(29)30)28(27(31)32,36(33,34)35)24-22-20-18-16-14-12-10-8-6-4-2;;;/h25H,3-24H2,1-2H3,(H,29,30)(H,31,32)(H,33,34,35);;;/q;+2;2*-1. The summed E-state index contributed by atoms with van der Waals surface area (Å²) in [5.74, 6) is -4.91. The minimum Gasteiger partial charge on any atom is -1.00 e. The monoisotopic (exact) mass is 560 g/mol. The van der Waals surface area contributed by atoms with Gasteiger partial charge in [-0.1, -0.05) is 142 Å². The third-order valence-corrected chi connectivity index (χ3v) is 9.02. The number of aliphatic carboxylic acids is 2. The van der Waals surface area contributed by atoms with Crippen molar-refractivity contribution in [3.8, 4) is 0 Å². The molecule has 0 fully saturated rings. The first kappa shape index (κ1) is 38.8. The maximum atomic E-state index is 12.3. The summed E-state index contributed by atoms with van der Waals surface area (Å²) in [7, 11) is -5.12. The number of unbranched alkanes of at least 4 members (excludes halogenated alkanes) is 18. The summed E-state index contributed by atoms with van der Waals surface area (Å²) in [6.45, 7) is 4.36. The van der Waals surface area contributed by atoms with Crippen LogP contribution >= 0.6 is 0 Å². The molecule has 218 valence electrons. The first-order valence-electron chi connectivity index (χ1n) is 14.6. The third kappa shape index (κ3) is 16.3. The van der Waals surface area contributed by atoms with E-state index >= 15 is 0 Å². The van der Waals surface area contributed by atoms with Crippen LogP contribution in [0.5, 0.6) is 0 Å². The van der Waals surface area contributed by atoms with Gasteiger partial charge in [0, 0.05) is 0 Å². The van der Waals surface area contributed by atoms with Crippen LogP contribution in [0, 0.1) is 5.92 Å². The first-order valence-corrected chi connectivity index (χ1v) is 16.0. The summed E-state index contributed by atoms with van der Waals surface area (Å²) in [6.07, 6.45) is 19.7. The zero-order valence-corrected chi connectivity index (χ0v) is 26.0. The molecule has 0 spiro atoms. The molecule has 37 heavy (non-hydrogen) atoms. The molecule has 0 aliphatic heterocycles. The van der Waals surface area contributed by atoms with Crippen LogP contribution in [-0.4, -0.2) is 62.9 Å². The van der Waals surface area contributed by atoms with Crippen molar-refractivity contribution in [2.45, 2.75) is 160 Å². The van der Waals surface area contributed by atoms with E-state index in [1.165, 1.54) is 57.8 Å². The molecule has 2 atom stereocenters. The van der Waals surface area contributed by atoms with Crippen molar-refractivity contribution in [2.75, 3.05) is 0 Å². The molecule has 9 heteroatoms. The predicted molar refractivity (Wildman–Crippen MR) is 154 cm³/mol. The number of hydrogen-bond acceptors (Lipinski definition) is 4. The third-order valence-electron chi connectivity index (χ3n) is 7.43. The van der Waals surface area contributed by atoms with Crippen LogP contribution in [0.3, 0.4) is 0 Å². The quantitative estimate of drug-likeness (QED) is 0.0557. The van der Waals surface area contributed by atoms with Crippen molar-refractivity contribution in [2.24, 2.45) is 5.92 Å². The van der Waals surface area contributed by atoms with E-state index in [4.69, 9.17) is 0 Å². The molecule has 0 bridgehead atoms. The van der Waals surface area contributed by atoms with Crippen LogP contribution in [0.1, 0.15) is 158 Å². The van der Waals surface area contributed by atoms with Crippen molar-refractivity contribution < 1.29 is 35.6 Å². The van der Waals surface area contributed by atoms with Crippen molar-refractivity contribution in [3.63, 3.8) is 0 Å². The molecule has 0 saturated heterocycles. The molecule has 2 unspecified atom stereocenters. The first-order chi connectivity index (χ1) is 17.1. The van der Waals surface area contributed by atoms with Crippen LogP contribution in [0.25, 0.3) is 0 Å². The Morgan fingerprint density at radius 2 is 0.973 bits per heavy atom. The topological polar surface area (TPSA) is 129 Å². The Labute approximate surface area is 245 Å². The van der Waals surface area contributed by atoms with E-state index in [0.717, 1.165) is 51.4 Å². The molecule has 0 aromatic heterocycles. The summed E-state index contributed by atoms with van der Waals surface area (Å²) >= 11 is 0. The molecule has 0 heterocycles. The van der Waals surface area contributed by atoms with Crippen LogP contribution < -0.4 is 0 Å². The fourth-order valence-electron chi connectivity index (χ4n) is 5.12. The van der Waals surface area contributed by atoms with Gasteiger partial charge < -0.3 is 13.1 Å². The summed E-state index contributed by atoms with van der Waals surface area (Å²) in [4.78, 5) is 24.2. The molecule has 0 saturated carbocycles. The normalized spacial score (nSPS) is 14.0. The molecular formula is C28H56MgO7S. The van der Waals surface area contributed by atoms with Crippen molar-refractivity contribution in [1.29, 1.82) is 0 Å².